The van der Waals surface area contributed by atoms with Gasteiger partial charge in [-0.3, -0.25) is 0 Å². The Morgan fingerprint density at radius 1 is 1.20 bits per heavy atom. The fraction of sp³-hybridized carbons (Fsp3) is 0.200. The summed E-state index contributed by atoms with van der Waals surface area (Å²) >= 11 is 9.10. The van der Waals surface area contributed by atoms with Crippen molar-refractivity contribution in [1.29, 1.82) is 0 Å². The summed E-state index contributed by atoms with van der Waals surface area (Å²) in [5, 5.41) is 10.6. The molecule has 1 N–H and O–H groups in total. The molecule has 0 radical (unpaired) electrons. The van der Waals surface area contributed by atoms with Crippen LogP contribution in [0.3, 0.4) is 0 Å². The maximum Gasteiger partial charge on any atom is 0.123 e. The predicted octanol–water partition coefficient (Wildman–Crippen LogP) is 4.22. The number of benzene rings is 2. The summed E-state index contributed by atoms with van der Waals surface area (Å²) in [6.45, 7) is 0.130. The second kappa shape index (κ2) is 7.07. The van der Waals surface area contributed by atoms with Gasteiger partial charge in [0.2, 0.25) is 0 Å². The topological polar surface area (TPSA) is 29.5 Å². The van der Waals surface area contributed by atoms with Gasteiger partial charge >= 0.3 is 0 Å². The van der Waals surface area contributed by atoms with E-state index in [9.17, 15) is 9.50 Å². The van der Waals surface area contributed by atoms with Crippen LogP contribution in [0.15, 0.2) is 46.9 Å². The average molecular weight is 360 g/mol. The molecule has 1 atom stereocenters. The number of hydrogen-bond donors (Lipinski definition) is 1. The summed E-state index contributed by atoms with van der Waals surface area (Å²) in [5.41, 5.74) is 0.706. The van der Waals surface area contributed by atoms with E-state index in [0.29, 0.717) is 22.8 Å². The maximum atomic E-state index is 13.1. The van der Waals surface area contributed by atoms with Gasteiger partial charge in [-0.15, -0.1) is 0 Å². The van der Waals surface area contributed by atoms with Crippen LogP contribution >= 0.6 is 27.5 Å². The lowest BCUT2D eigenvalue weighted by atomic mass is 10.1. The van der Waals surface area contributed by atoms with Gasteiger partial charge in [-0.1, -0.05) is 27.5 Å². The summed E-state index contributed by atoms with van der Waals surface area (Å²) in [5.74, 6) is 0.306. The van der Waals surface area contributed by atoms with Crippen molar-refractivity contribution in [1.82, 2.24) is 0 Å². The van der Waals surface area contributed by atoms with Gasteiger partial charge < -0.3 is 9.84 Å². The van der Waals surface area contributed by atoms with E-state index >= 15 is 0 Å². The summed E-state index contributed by atoms with van der Waals surface area (Å²) in [6.07, 6.45) is -0.407. The van der Waals surface area contributed by atoms with E-state index in [1.807, 2.05) is 0 Å². The molecule has 0 saturated carbocycles. The monoisotopic (exact) mass is 358 g/mol. The van der Waals surface area contributed by atoms with Crippen LogP contribution in [-0.4, -0.2) is 17.8 Å². The Labute approximate surface area is 130 Å². The molecule has 2 nitrogen and oxygen atoms in total. The molecule has 2 aromatic rings. The number of aliphatic hydroxyl groups excluding tert-OH is 1. The molecule has 0 bridgehead atoms. The van der Waals surface area contributed by atoms with Crippen LogP contribution in [0.4, 0.5) is 4.39 Å². The Kier molecular flexibility index (Phi) is 5.40. The van der Waals surface area contributed by atoms with Crippen molar-refractivity contribution in [3.05, 3.63) is 63.3 Å². The van der Waals surface area contributed by atoms with Gasteiger partial charge in [-0.25, -0.2) is 4.39 Å². The van der Waals surface area contributed by atoms with Crippen molar-refractivity contribution in [2.75, 3.05) is 6.61 Å². The fourth-order valence-corrected chi connectivity index (χ4v) is 2.27. The zero-order chi connectivity index (χ0) is 14.5. The SMILES string of the molecule is OC(COc1ccc(Cl)cc1)Cc1cc(F)ccc1Br. The summed E-state index contributed by atoms with van der Waals surface area (Å²) in [4.78, 5) is 0. The molecule has 5 heteroatoms. The Balaban J connectivity index is 1.90. The minimum atomic E-state index is -0.719. The van der Waals surface area contributed by atoms with Crippen LogP contribution in [0.1, 0.15) is 5.56 Å². The van der Waals surface area contributed by atoms with Crippen LogP contribution in [0.5, 0.6) is 5.75 Å². The number of hydrogen-bond acceptors (Lipinski definition) is 2. The molecule has 0 aliphatic carbocycles. The summed E-state index contributed by atoms with van der Waals surface area (Å²) in [7, 11) is 0. The molecule has 0 amide bonds. The second-order valence-corrected chi connectivity index (χ2v) is 5.65. The van der Waals surface area contributed by atoms with Crippen molar-refractivity contribution < 1.29 is 14.2 Å². The molecule has 0 aliphatic heterocycles. The normalized spacial score (nSPS) is 12.2. The lowest BCUT2D eigenvalue weighted by Gasteiger charge is -2.13. The van der Waals surface area contributed by atoms with Gasteiger partial charge in [0.1, 0.15) is 18.2 Å². The van der Waals surface area contributed by atoms with Crippen molar-refractivity contribution in [3.8, 4) is 5.75 Å². The lowest BCUT2D eigenvalue weighted by molar-refractivity contribution is 0.107. The molecule has 1 unspecified atom stereocenters. The van der Waals surface area contributed by atoms with Crippen LogP contribution in [0.25, 0.3) is 0 Å². The Morgan fingerprint density at radius 2 is 1.90 bits per heavy atom. The molecule has 0 aliphatic rings. The number of rotatable bonds is 5. The van der Waals surface area contributed by atoms with E-state index in [1.54, 1.807) is 30.3 Å². The Bertz CT molecular complexity index is 575. The van der Waals surface area contributed by atoms with Crippen LogP contribution in [-0.2, 0) is 6.42 Å². The smallest absolute Gasteiger partial charge is 0.123 e. The van der Waals surface area contributed by atoms with Crippen LogP contribution in [0.2, 0.25) is 5.02 Å². The standard InChI is InChI=1S/C15H13BrClFO2/c16-15-6-3-12(18)7-10(15)8-13(19)9-20-14-4-1-11(17)2-5-14/h1-7,13,19H,8-9H2. The lowest BCUT2D eigenvalue weighted by Crippen LogP contribution is -2.20. The Hall–Kier alpha value is -1.10. The molecular weight excluding hydrogens is 347 g/mol. The summed E-state index contributed by atoms with van der Waals surface area (Å²) < 4.78 is 19.4. The van der Waals surface area contributed by atoms with Crippen LogP contribution < -0.4 is 4.74 Å². The highest BCUT2D eigenvalue weighted by Gasteiger charge is 2.10. The number of halogens is 3. The number of aliphatic hydroxyl groups is 1. The van der Waals surface area contributed by atoms with Crippen molar-refractivity contribution in [2.45, 2.75) is 12.5 Å². The Morgan fingerprint density at radius 3 is 2.60 bits per heavy atom. The molecule has 0 spiro atoms. The quantitative estimate of drug-likeness (QED) is 0.866. The van der Waals surface area contributed by atoms with Gasteiger partial charge in [-0.05, 0) is 48.0 Å². The zero-order valence-electron chi connectivity index (χ0n) is 10.5. The molecular formula is C15H13BrClFO2. The van der Waals surface area contributed by atoms with E-state index in [-0.39, 0.29) is 12.4 Å². The highest BCUT2D eigenvalue weighted by molar-refractivity contribution is 9.10. The zero-order valence-corrected chi connectivity index (χ0v) is 12.9. The molecule has 2 rings (SSSR count). The third kappa shape index (κ3) is 4.47. The minimum absolute atomic E-state index is 0.130. The number of ether oxygens (including phenoxy) is 1. The molecule has 0 aromatic heterocycles. The van der Waals surface area contributed by atoms with Crippen molar-refractivity contribution in [2.24, 2.45) is 0 Å². The van der Waals surface area contributed by atoms with Gasteiger partial charge in [-0.2, -0.15) is 0 Å². The molecule has 0 saturated heterocycles. The van der Waals surface area contributed by atoms with E-state index < -0.39 is 6.10 Å². The van der Waals surface area contributed by atoms with Crippen molar-refractivity contribution in [3.63, 3.8) is 0 Å². The predicted molar refractivity (Wildman–Crippen MR) is 80.8 cm³/mol. The first-order chi connectivity index (χ1) is 9.54. The molecule has 20 heavy (non-hydrogen) atoms. The fourth-order valence-electron chi connectivity index (χ4n) is 1.74. The summed E-state index contributed by atoms with van der Waals surface area (Å²) in [6, 6.07) is 11.3. The largest absolute Gasteiger partial charge is 0.491 e. The van der Waals surface area contributed by atoms with E-state index in [4.69, 9.17) is 16.3 Å². The van der Waals surface area contributed by atoms with Gasteiger partial charge in [0, 0.05) is 15.9 Å². The molecule has 0 fully saturated rings. The van der Waals surface area contributed by atoms with E-state index in [2.05, 4.69) is 15.9 Å². The molecule has 0 heterocycles. The van der Waals surface area contributed by atoms with Gasteiger partial charge in [0.05, 0.1) is 6.10 Å². The second-order valence-electron chi connectivity index (χ2n) is 4.36. The van der Waals surface area contributed by atoms with E-state index in [0.717, 1.165) is 4.47 Å². The maximum absolute atomic E-state index is 13.1. The average Bonchev–Trinajstić information content (AvgIpc) is 2.42. The van der Waals surface area contributed by atoms with Crippen molar-refractivity contribution >= 4 is 27.5 Å². The third-order valence-electron chi connectivity index (χ3n) is 2.72. The van der Waals surface area contributed by atoms with Gasteiger partial charge in [0.25, 0.3) is 0 Å². The highest BCUT2D eigenvalue weighted by Crippen LogP contribution is 2.20. The first-order valence-corrected chi connectivity index (χ1v) is 7.22. The molecule has 2 aromatic carbocycles. The third-order valence-corrected chi connectivity index (χ3v) is 3.74. The van der Waals surface area contributed by atoms with E-state index in [1.165, 1.54) is 12.1 Å². The first-order valence-electron chi connectivity index (χ1n) is 6.05. The first kappa shape index (κ1) is 15.3. The van der Waals surface area contributed by atoms with Crippen LogP contribution in [0, 0.1) is 5.82 Å². The molecule has 106 valence electrons. The highest BCUT2D eigenvalue weighted by atomic mass is 79.9. The van der Waals surface area contributed by atoms with Gasteiger partial charge in [0.15, 0.2) is 0 Å². The minimum Gasteiger partial charge on any atom is -0.491 e.